The molecule has 2 N–H and O–H groups in total. The van der Waals surface area contributed by atoms with E-state index in [1.165, 1.54) is 31.4 Å². The summed E-state index contributed by atoms with van der Waals surface area (Å²) in [5, 5.41) is 12.2. The van der Waals surface area contributed by atoms with Gasteiger partial charge in [-0.15, -0.1) is 0 Å². The lowest BCUT2D eigenvalue weighted by molar-refractivity contribution is -0.231. The van der Waals surface area contributed by atoms with Gasteiger partial charge in [-0.3, -0.25) is 9.59 Å². The molecule has 7 heteroatoms. The first-order valence-corrected chi connectivity index (χ1v) is 15.2. The zero-order valence-electron chi connectivity index (χ0n) is 24.8. The number of hydrogen-bond donors (Lipinski definition) is 2. The third kappa shape index (κ3) is 6.38. The predicted molar refractivity (Wildman–Crippen MR) is 165 cm³/mol. The van der Waals surface area contributed by atoms with Crippen LogP contribution in [0, 0.1) is 17.8 Å². The van der Waals surface area contributed by atoms with Crippen LogP contribution in [0.2, 0.25) is 0 Å². The summed E-state index contributed by atoms with van der Waals surface area (Å²) < 4.78 is 17.3. The van der Waals surface area contributed by atoms with Gasteiger partial charge in [0.1, 0.15) is 11.5 Å². The second kappa shape index (κ2) is 12.3. The number of nitrogens with one attached hydrogen (secondary N) is 1. The van der Waals surface area contributed by atoms with Gasteiger partial charge in [-0.1, -0.05) is 18.2 Å². The molecule has 1 atom stereocenters. The summed E-state index contributed by atoms with van der Waals surface area (Å²) in [6.45, 7) is 1.57. The van der Waals surface area contributed by atoms with E-state index >= 15 is 0 Å². The van der Waals surface area contributed by atoms with Crippen molar-refractivity contribution in [3.63, 3.8) is 0 Å². The van der Waals surface area contributed by atoms with E-state index in [-0.39, 0.29) is 22.9 Å². The molecule has 0 aromatic heterocycles. The minimum atomic E-state index is -0.801. The Hall–Kier alpha value is -3.94. The highest BCUT2D eigenvalue weighted by atomic mass is 16.8. The van der Waals surface area contributed by atoms with Crippen LogP contribution < -0.4 is 10.1 Å². The number of carbonyl (C=O) groups is 2. The lowest BCUT2D eigenvalue weighted by atomic mass is 9.48. The fourth-order valence-corrected chi connectivity index (χ4v) is 7.79. The molecule has 0 saturated heterocycles. The van der Waals surface area contributed by atoms with E-state index in [0.717, 1.165) is 53.9 Å². The summed E-state index contributed by atoms with van der Waals surface area (Å²) in [4.78, 5) is 26.0. The maximum absolute atomic E-state index is 13.4. The summed E-state index contributed by atoms with van der Waals surface area (Å²) in [7, 11) is 1.57. The van der Waals surface area contributed by atoms with E-state index in [1.807, 2.05) is 37.3 Å². The van der Waals surface area contributed by atoms with Gasteiger partial charge >= 0.3 is 6.48 Å². The highest BCUT2D eigenvalue weighted by Gasteiger charge is 2.52. The van der Waals surface area contributed by atoms with Crippen LogP contribution in [0.4, 0.5) is 5.69 Å². The summed E-state index contributed by atoms with van der Waals surface area (Å²) >= 11 is 0. The number of phenols is 1. The average Bonchev–Trinajstić information content (AvgIpc) is 3.00. The number of ether oxygens (including phenoxy) is 3. The normalized spacial score (nSPS) is 24.7. The van der Waals surface area contributed by atoms with Gasteiger partial charge in [0, 0.05) is 29.5 Å². The molecule has 7 nitrogen and oxygen atoms in total. The van der Waals surface area contributed by atoms with Crippen LogP contribution in [0.5, 0.6) is 11.5 Å². The van der Waals surface area contributed by atoms with Crippen molar-refractivity contribution in [2.24, 2.45) is 17.8 Å². The molecule has 43 heavy (non-hydrogen) atoms. The second-order valence-corrected chi connectivity index (χ2v) is 12.3. The molecule has 0 heterocycles. The largest absolute Gasteiger partial charge is 0.508 e. The van der Waals surface area contributed by atoms with Crippen molar-refractivity contribution in [2.45, 2.75) is 57.3 Å². The SMILES string of the molecule is CCOC(OC)Oc1ccc(C(=O)/C=C/c2ccc(C(=O)Nc3ccc(O)cc3)cc2)cc1C12CC3CC(CC(C3)C1)C2. The van der Waals surface area contributed by atoms with Crippen molar-refractivity contribution in [2.75, 3.05) is 19.0 Å². The molecule has 4 aliphatic carbocycles. The monoisotopic (exact) mass is 581 g/mol. The quantitative estimate of drug-likeness (QED) is 0.106. The maximum Gasteiger partial charge on any atom is 0.315 e. The summed E-state index contributed by atoms with van der Waals surface area (Å²) in [5.74, 6) is 2.78. The fraction of sp³-hybridized carbons (Fsp3) is 0.389. The van der Waals surface area contributed by atoms with Crippen molar-refractivity contribution in [1.29, 1.82) is 0 Å². The van der Waals surface area contributed by atoms with Crippen LogP contribution >= 0.6 is 0 Å². The van der Waals surface area contributed by atoms with Gasteiger partial charge in [-0.05, 0) is 135 Å². The van der Waals surface area contributed by atoms with Crippen molar-refractivity contribution in [1.82, 2.24) is 0 Å². The molecule has 0 aliphatic heterocycles. The molecule has 0 spiro atoms. The van der Waals surface area contributed by atoms with Crippen LogP contribution in [-0.4, -0.2) is 37.0 Å². The standard InChI is InChI=1S/C36H39NO6/c1-3-42-35(41-2)43-33-15-9-28(19-31(33)36-20-24-16-25(21-36)18-26(17-24)22-36)32(39)14-6-23-4-7-27(8-5-23)34(40)37-29-10-12-30(38)13-11-29/h4-15,19,24-26,35,38H,3,16-18,20-22H2,1-2H3,(H,37,40)/b14-6+. The number of benzene rings is 3. The predicted octanol–water partition coefficient (Wildman–Crippen LogP) is 7.35. The second-order valence-electron chi connectivity index (χ2n) is 12.3. The average molecular weight is 582 g/mol. The lowest BCUT2D eigenvalue weighted by Gasteiger charge is -2.57. The molecule has 4 saturated carbocycles. The van der Waals surface area contributed by atoms with E-state index < -0.39 is 6.48 Å². The summed E-state index contributed by atoms with van der Waals surface area (Å²) in [6, 6.07) is 19.2. The summed E-state index contributed by atoms with van der Waals surface area (Å²) in [5.41, 5.74) is 3.66. The molecule has 0 radical (unpaired) electrons. The van der Waals surface area contributed by atoms with E-state index in [4.69, 9.17) is 14.2 Å². The van der Waals surface area contributed by atoms with Gasteiger partial charge in [0.15, 0.2) is 5.78 Å². The van der Waals surface area contributed by atoms with Gasteiger partial charge in [-0.2, -0.15) is 0 Å². The number of anilines is 1. The minimum absolute atomic E-state index is 0.0190. The van der Waals surface area contributed by atoms with Crippen LogP contribution in [0.25, 0.3) is 6.08 Å². The number of allylic oxidation sites excluding steroid dienone is 1. The smallest absolute Gasteiger partial charge is 0.315 e. The molecule has 1 unspecified atom stereocenters. The third-order valence-corrected chi connectivity index (χ3v) is 9.32. The molecule has 4 fully saturated rings. The number of hydrogen-bond acceptors (Lipinski definition) is 6. The van der Waals surface area contributed by atoms with Crippen molar-refractivity contribution in [3.05, 3.63) is 95.1 Å². The van der Waals surface area contributed by atoms with E-state index in [1.54, 1.807) is 43.5 Å². The van der Waals surface area contributed by atoms with E-state index in [0.29, 0.717) is 23.4 Å². The molecular weight excluding hydrogens is 542 g/mol. The highest BCUT2D eigenvalue weighted by molar-refractivity contribution is 6.07. The zero-order valence-corrected chi connectivity index (χ0v) is 24.8. The number of ketones is 1. The minimum Gasteiger partial charge on any atom is -0.508 e. The fourth-order valence-electron chi connectivity index (χ4n) is 7.79. The molecule has 7 rings (SSSR count). The Kier molecular flexibility index (Phi) is 8.37. The van der Waals surface area contributed by atoms with E-state index in [9.17, 15) is 14.7 Å². The van der Waals surface area contributed by atoms with Gasteiger partial charge in [-0.25, -0.2) is 0 Å². The van der Waals surface area contributed by atoms with Gasteiger partial charge in [0.25, 0.3) is 5.91 Å². The van der Waals surface area contributed by atoms with Crippen LogP contribution in [-0.2, 0) is 14.9 Å². The molecule has 3 aromatic carbocycles. The Morgan fingerprint density at radius 1 is 0.930 bits per heavy atom. The first-order chi connectivity index (χ1) is 20.8. The number of phenolic OH excluding ortho intramolecular Hbond substituents is 1. The Morgan fingerprint density at radius 2 is 1.56 bits per heavy atom. The number of amides is 1. The Balaban J connectivity index is 1.20. The number of aromatic hydroxyl groups is 1. The molecule has 1 amide bonds. The summed E-state index contributed by atoms with van der Waals surface area (Å²) in [6.07, 6.45) is 10.8. The number of carbonyl (C=O) groups excluding carboxylic acids is 2. The first-order valence-electron chi connectivity index (χ1n) is 15.2. The Morgan fingerprint density at radius 3 is 2.16 bits per heavy atom. The van der Waals surface area contributed by atoms with Crippen molar-refractivity contribution < 1.29 is 28.9 Å². The van der Waals surface area contributed by atoms with Gasteiger partial charge < -0.3 is 24.6 Å². The maximum atomic E-state index is 13.4. The Labute approximate surface area is 252 Å². The number of rotatable bonds is 11. The van der Waals surface area contributed by atoms with Gasteiger partial charge in [0.05, 0.1) is 6.61 Å². The van der Waals surface area contributed by atoms with Gasteiger partial charge in [0.2, 0.25) is 0 Å². The van der Waals surface area contributed by atoms with Crippen molar-refractivity contribution in [3.8, 4) is 11.5 Å². The third-order valence-electron chi connectivity index (χ3n) is 9.32. The first kappa shape index (κ1) is 29.1. The molecule has 4 bridgehead atoms. The van der Waals surface area contributed by atoms with Crippen molar-refractivity contribution >= 4 is 23.5 Å². The molecule has 4 aliphatic rings. The van der Waals surface area contributed by atoms with Crippen LogP contribution in [0.3, 0.4) is 0 Å². The molecule has 3 aromatic rings. The van der Waals surface area contributed by atoms with Crippen LogP contribution in [0.15, 0.2) is 72.8 Å². The molecular formula is C36H39NO6. The Bertz CT molecular complexity index is 1460. The number of methoxy groups -OCH3 is 1. The zero-order chi connectivity index (χ0) is 30.0. The highest BCUT2D eigenvalue weighted by Crippen LogP contribution is 2.62. The van der Waals surface area contributed by atoms with E-state index in [2.05, 4.69) is 5.32 Å². The van der Waals surface area contributed by atoms with Crippen LogP contribution in [0.1, 0.15) is 77.3 Å². The molecule has 224 valence electrons. The topological polar surface area (TPSA) is 94.1 Å². The lowest BCUT2D eigenvalue weighted by Crippen LogP contribution is -2.48.